The van der Waals surface area contributed by atoms with Crippen molar-refractivity contribution in [2.45, 2.75) is 6.42 Å². The van der Waals surface area contributed by atoms with E-state index in [0.29, 0.717) is 11.8 Å². The summed E-state index contributed by atoms with van der Waals surface area (Å²) in [6.07, 6.45) is 0.738. The molecule has 0 saturated heterocycles. The molecule has 0 amide bonds. The monoisotopic (exact) mass is 218 g/mol. The number of hydrogen-bond donors (Lipinski definition) is 0. The number of benzene rings is 1. The molecule has 0 heterocycles. The van der Waals surface area contributed by atoms with Crippen molar-refractivity contribution in [3.63, 3.8) is 0 Å². The Labute approximate surface area is 92.3 Å². The normalized spacial score (nSPS) is 9.00. The second kappa shape index (κ2) is 6.27. The summed E-state index contributed by atoms with van der Waals surface area (Å²) in [4.78, 5) is 24.7. The van der Waals surface area contributed by atoms with Crippen molar-refractivity contribution in [3.05, 3.63) is 41.4 Å². The molecule has 5 heteroatoms. The number of ketones is 1. The summed E-state index contributed by atoms with van der Waals surface area (Å²) in [5.74, 6) is -0.877. The van der Waals surface area contributed by atoms with Crippen LogP contribution in [0.5, 0.6) is 0 Å². The number of hydrogen-bond acceptors (Lipinski definition) is 3. The first-order chi connectivity index (χ1) is 7.74. The van der Waals surface area contributed by atoms with Gasteiger partial charge in [0.25, 0.3) is 0 Å². The van der Waals surface area contributed by atoms with Crippen molar-refractivity contribution in [2.75, 3.05) is 6.61 Å². The number of ether oxygens (including phenoxy) is 1. The molecule has 0 atom stereocenters. The van der Waals surface area contributed by atoms with Crippen LogP contribution in [-0.2, 0) is 9.53 Å². The van der Waals surface area contributed by atoms with Crippen molar-refractivity contribution in [1.29, 1.82) is 0 Å². The second-order valence-corrected chi connectivity index (χ2v) is 2.95. The molecule has 16 heavy (non-hydrogen) atoms. The largest absolute Gasteiger partial charge is 0.457 e. The molecule has 0 unspecified atom stereocenters. The molecule has 0 bridgehead atoms. The van der Waals surface area contributed by atoms with Gasteiger partial charge in [0.15, 0.2) is 5.78 Å². The summed E-state index contributed by atoms with van der Waals surface area (Å²) in [7, 11) is 0. The minimum atomic E-state index is -0.775. The zero-order valence-corrected chi connectivity index (χ0v) is 8.50. The number of Topliss-reactive ketones (excluding diaryl/α,β-unsaturated/α-hetero) is 1. The van der Waals surface area contributed by atoms with E-state index in [-0.39, 0.29) is 18.8 Å². The maximum absolute atomic E-state index is 11.5. The summed E-state index contributed by atoms with van der Waals surface area (Å²) in [5, 5.41) is 0. The fourth-order valence-electron chi connectivity index (χ4n) is 1.10. The van der Waals surface area contributed by atoms with E-state index in [0.717, 1.165) is 0 Å². The average molecular weight is 218 g/mol. The molecular formula is C11H10N2O3. The van der Waals surface area contributed by atoms with Crippen LogP contribution >= 0.6 is 0 Å². The molecule has 1 rings (SSSR count). The van der Waals surface area contributed by atoms with Gasteiger partial charge in [-0.2, -0.15) is 4.79 Å². The Morgan fingerprint density at radius 1 is 1.31 bits per heavy atom. The fraction of sp³-hybridized carbons (Fsp3) is 0.182. The topological polar surface area (TPSA) is 79.8 Å². The van der Waals surface area contributed by atoms with Crippen LogP contribution in [0.1, 0.15) is 16.8 Å². The van der Waals surface area contributed by atoms with Crippen molar-refractivity contribution in [3.8, 4) is 0 Å². The lowest BCUT2D eigenvalue weighted by Crippen LogP contribution is -2.11. The third kappa shape index (κ3) is 3.86. The molecule has 0 fully saturated rings. The van der Waals surface area contributed by atoms with Crippen LogP contribution in [0.3, 0.4) is 0 Å². The summed E-state index contributed by atoms with van der Waals surface area (Å²) in [6.45, 7) is -0.0292. The lowest BCUT2D eigenvalue weighted by atomic mass is 10.1. The van der Waals surface area contributed by atoms with Crippen molar-refractivity contribution < 1.29 is 19.1 Å². The molecule has 82 valence electrons. The third-order valence-corrected chi connectivity index (χ3v) is 1.83. The maximum Gasteiger partial charge on any atom is 0.413 e. The number of carbonyl (C=O) groups is 2. The third-order valence-electron chi connectivity index (χ3n) is 1.83. The van der Waals surface area contributed by atoms with Crippen LogP contribution in [0.15, 0.2) is 30.3 Å². The molecule has 0 N–H and O–H groups in total. The van der Waals surface area contributed by atoms with Gasteiger partial charge in [0, 0.05) is 12.0 Å². The minimum Gasteiger partial charge on any atom is -0.457 e. The molecule has 5 nitrogen and oxygen atoms in total. The van der Waals surface area contributed by atoms with Gasteiger partial charge in [-0.05, 0) is 0 Å². The standard InChI is InChI=1S/C11H10N2O3/c12-13-8-11(15)16-7-6-10(14)9-4-2-1-3-5-9/h1-5,8H,6-7H2. The second-order valence-electron chi connectivity index (χ2n) is 2.95. The van der Waals surface area contributed by atoms with E-state index < -0.39 is 5.97 Å². The Morgan fingerprint density at radius 2 is 2.00 bits per heavy atom. The van der Waals surface area contributed by atoms with Gasteiger partial charge in [-0.3, -0.25) is 4.79 Å². The zero-order valence-electron chi connectivity index (χ0n) is 8.50. The zero-order chi connectivity index (χ0) is 11.8. The highest BCUT2D eigenvalue weighted by Gasteiger charge is 2.07. The number of nitrogens with zero attached hydrogens (tertiary/aromatic N) is 2. The molecule has 0 aromatic heterocycles. The Hall–Kier alpha value is -2.26. The maximum atomic E-state index is 11.5. The van der Waals surface area contributed by atoms with E-state index in [1.54, 1.807) is 24.3 Å². The van der Waals surface area contributed by atoms with Crippen molar-refractivity contribution in [2.24, 2.45) is 0 Å². The van der Waals surface area contributed by atoms with Gasteiger partial charge in [-0.15, -0.1) is 0 Å². The van der Waals surface area contributed by atoms with Crippen molar-refractivity contribution in [1.82, 2.24) is 0 Å². The molecule has 0 aliphatic rings. The molecule has 1 aromatic rings. The molecular weight excluding hydrogens is 208 g/mol. The van der Waals surface area contributed by atoms with E-state index in [2.05, 4.69) is 9.53 Å². The summed E-state index contributed by atoms with van der Waals surface area (Å²) < 4.78 is 4.61. The van der Waals surface area contributed by atoms with Crippen LogP contribution in [0.4, 0.5) is 0 Å². The fourth-order valence-corrected chi connectivity index (χ4v) is 1.10. The first-order valence-corrected chi connectivity index (χ1v) is 4.66. The van der Waals surface area contributed by atoms with Crippen LogP contribution < -0.4 is 0 Å². The number of carbonyl (C=O) groups excluding carboxylic acids is 2. The Kier molecular flexibility index (Phi) is 4.63. The van der Waals surface area contributed by atoms with Gasteiger partial charge in [0.1, 0.15) is 0 Å². The van der Waals surface area contributed by atoms with Gasteiger partial charge in [-0.1, -0.05) is 30.3 Å². The number of rotatable bonds is 5. The van der Waals surface area contributed by atoms with Gasteiger partial charge in [0.05, 0.1) is 6.61 Å². The van der Waals surface area contributed by atoms with E-state index in [1.165, 1.54) is 0 Å². The summed E-state index contributed by atoms with van der Waals surface area (Å²) in [5.41, 5.74) is 8.60. The SMILES string of the molecule is [N-]=[N+]=CC(=O)OCCC(=O)c1ccccc1. The molecule has 1 aromatic carbocycles. The highest BCUT2D eigenvalue weighted by Crippen LogP contribution is 2.02. The molecule has 0 aliphatic heterocycles. The molecule has 0 spiro atoms. The Morgan fingerprint density at radius 3 is 2.62 bits per heavy atom. The highest BCUT2D eigenvalue weighted by atomic mass is 16.5. The van der Waals surface area contributed by atoms with E-state index in [4.69, 9.17) is 5.53 Å². The van der Waals surface area contributed by atoms with E-state index in [1.807, 2.05) is 6.07 Å². The van der Waals surface area contributed by atoms with Crippen LogP contribution in [0, 0.1) is 0 Å². The van der Waals surface area contributed by atoms with Gasteiger partial charge in [-0.25, -0.2) is 4.79 Å². The average Bonchev–Trinajstić information content (AvgIpc) is 2.30. The minimum absolute atomic E-state index is 0.0292. The van der Waals surface area contributed by atoms with Gasteiger partial charge >= 0.3 is 12.2 Å². The highest BCUT2D eigenvalue weighted by molar-refractivity contribution is 6.20. The molecule has 0 saturated carbocycles. The van der Waals surface area contributed by atoms with Gasteiger partial charge < -0.3 is 10.3 Å². The lowest BCUT2D eigenvalue weighted by molar-refractivity contribution is -0.138. The molecule has 0 radical (unpaired) electrons. The predicted octanol–water partition coefficient (Wildman–Crippen LogP) is 1.10. The Bertz CT molecular complexity index is 422. The van der Waals surface area contributed by atoms with Crippen LogP contribution in [0.25, 0.3) is 5.53 Å². The van der Waals surface area contributed by atoms with Crippen LogP contribution in [-0.4, -0.2) is 29.4 Å². The van der Waals surface area contributed by atoms with Gasteiger partial charge in [0.2, 0.25) is 0 Å². The van der Waals surface area contributed by atoms with Crippen molar-refractivity contribution >= 4 is 18.0 Å². The van der Waals surface area contributed by atoms with E-state index >= 15 is 0 Å². The summed E-state index contributed by atoms with van der Waals surface area (Å²) in [6, 6.07) is 8.72. The predicted molar refractivity (Wildman–Crippen MR) is 56.0 cm³/mol. The van der Waals surface area contributed by atoms with Crippen LogP contribution in [0.2, 0.25) is 0 Å². The first kappa shape index (κ1) is 11.8. The quantitative estimate of drug-likeness (QED) is 0.244. The smallest absolute Gasteiger partial charge is 0.413 e. The summed E-state index contributed by atoms with van der Waals surface area (Å²) >= 11 is 0. The molecule has 0 aliphatic carbocycles. The first-order valence-electron chi connectivity index (χ1n) is 4.66. The lowest BCUT2D eigenvalue weighted by Gasteiger charge is -2.00. The Balaban J connectivity index is 2.37. The van der Waals surface area contributed by atoms with E-state index in [9.17, 15) is 9.59 Å². The number of esters is 1.